The Morgan fingerprint density at radius 1 is 1.13 bits per heavy atom. The number of benzene rings is 2. The van der Waals surface area contributed by atoms with Crippen LogP contribution in [0.2, 0.25) is 10.0 Å². The molecule has 1 heterocycles. The van der Waals surface area contributed by atoms with E-state index in [0.717, 1.165) is 24.1 Å². The van der Waals surface area contributed by atoms with Crippen molar-refractivity contribution in [1.82, 2.24) is 4.90 Å². The van der Waals surface area contributed by atoms with Crippen LogP contribution in [0.15, 0.2) is 36.4 Å². The summed E-state index contributed by atoms with van der Waals surface area (Å²) < 4.78 is 11.5. The standard InChI is InChI=1S/C23H27Cl2NO4/c1-3-29-20-10-7-15(12-21(20)30-4-2)22(18-9-8-17(24)13-19(18)25)26-11-5-6-16(14-26)23(27)28/h7-10,12-13,16,22H,3-6,11,14H2,1-2H3,(H,27,28). The first kappa shape index (κ1) is 22.7. The van der Waals surface area contributed by atoms with Gasteiger partial charge in [-0.2, -0.15) is 0 Å². The van der Waals surface area contributed by atoms with E-state index >= 15 is 0 Å². The fourth-order valence-electron chi connectivity index (χ4n) is 3.99. The number of carbonyl (C=O) groups is 1. The lowest BCUT2D eigenvalue weighted by atomic mass is 9.91. The summed E-state index contributed by atoms with van der Waals surface area (Å²) in [7, 11) is 0. The number of hydrogen-bond donors (Lipinski definition) is 1. The molecule has 7 heteroatoms. The summed E-state index contributed by atoms with van der Waals surface area (Å²) in [6.45, 7) is 6.15. The summed E-state index contributed by atoms with van der Waals surface area (Å²) in [4.78, 5) is 13.8. The number of carboxylic acids is 1. The van der Waals surface area contributed by atoms with Crippen molar-refractivity contribution in [3.63, 3.8) is 0 Å². The first-order valence-electron chi connectivity index (χ1n) is 10.3. The Morgan fingerprint density at radius 2 is 1.87 bits per heavy atom. The minimum absolute atomic E-state index is 0.216. The molecule has 0 bridgehead atoms. The molecule has 1 saturated heterocycles. The van der Waals surface area contributed by atoms with Crippen molar-refractivity contribution in [2.24, 2.45) is 5.92 Å². The molecule has 1 N–H and O–H groups in total. The number of nitrogens with zero attached hydrogens (tertiary/aromatic N) is 1. The van der Waals surface area contributed by atoms with Gasteiger partial charge in [-0.3, -0.25) is 9.69 Å². The molecule has 3 rings (SSSR count). The van der Waals surface area contributed by atoms with Gasteiger partial charge in [0.15, 0.2) is 11.5 Å². The molecule has 2 unspecified atom stereocenters. The quantitative estimate of drug-likeness (QED) is 0.559. The van der Waals surface area contributed by atoms with E-state index in [4.69, 9.17) is 32.7 Å². The lowest BCUT2D eigenvalue weighted by Gasteiger charge is -2.38. The molecule has 162 valence electrons. The highest BCUT2D eigenvalue weighted by Crippen LogP contribution is 2.40. The monoisotopic (exact) mass is 451 g/mol. The third-order valence-corrected chi connectivity index (χ3v) is 5.87. The number of halogens is 2. The van der Waals surface area contributed by atoms with E-state index in [0.29, 0.717) is 47.7 Å². The van der Waals surface area contributed by atoms with Crippen molar-refractivity contribution in [3.05, 3.63) is 57.6 Å². The van der Waals surface area contributed by atoms with Crippen LogP contribution >= 0.6 is 23.2 Å². The van der Waals surface area contributed by atoms with Crippen LogP contribution < -0.4 is 9.47 Å². The molecule has 5 nitrogen and oxygen atoms in total. The summed E-state index contributed by atoms with van der Waals surface area (Å²) in [5.41, 5.74) is 1.86. The zero-order chi connectivity index (χ0) is 21.7. The fraction of sp³-hybridized carbons (Fsp3) is 0.435. The van der Waals surface area contributed by atoms with Crippen LogP contribution in [0.5, 0.6) is 11.5 Å². The van der Waals surface area contributed by atoms with Gasteiger partial charge in [-0.1, -0.05) is 35.3 Å². The van der Waals surface area contributed by atoms with Crippen LogP contribution in [-0.2, 0) is 4.79 Å². The van der Waals surface area contributed by atoms with Crippen molar-refractivity contribution in [3.8, 4) is 11.5 Å². The molecule has 30 heavy (non-hydrogen) atoms. The zero-order valence-corrected chi connectivity index (χ0v) is 18.7. The van der Waals surface area contributed by atoms with Crippen molar-refractivity contribution in [2.75, 3.05) is 26.3 Å². The van der Waals surface area contributed by atoms with E-state index in [2.05, 4.69) is 4.90 Å². The van der Waals surface area contributed by atoms with Crippen LogP contribution in [0.25, 0.3) is 0 Å². The maximum atomic E-state index is 11.7. The smallest absolute Gasteiger partial charge is 0.307 e. The topological polar surface area (TPSA) is 59.0 Å². The second-order valence-electron chi connectivity index (χ2n) is 7.31. The van der Waals surface area contributed by atoms with Gasteiger partial charge in [-0.25, -0.2) is 0 Å². The Bertz CT molecular complexity index is 890. The number of rotatable bonds is 8. The third-order valence-electron chi connectivity index (χ3n) is 5.31. The molecule has 0 saturated carbocycles. The van der Waals surface area contributed by atoms with Crippen molar-refractivity contribution in [1.29, 1.82) is 0 Å². The van der Waals surface area contributed by atoms with E-state index < -0.39 is 11.9 Å². The maximum absolute atomic E-state index is 11.7. The molecule has 0 spiro atoms. The van der Waals surface area contributed by atoms with Gasteiger partial charge in [0.2, 0.25) is 0 Å². The van der Waals surface area contributed by atoms with E-state index in [1.54, 1.807) is 6.07 Å². The number of piperidine rings is 1. The van der Waals surface area contributed by atoms with Gasteiger partial charge in [0.05, 0.1) is 25.2 Å². The van der Waals surface area contributed by atoms with E-state index in [9.17, 15) is 9.90 Å². The summed E-state index contributed by atoms with van der Waals surface area (Å²) in [5, 5.41) is 10.7. The van der Waals surface area contributed by atoms with Gasteiger partial charge < -0.3 is 14.6 Å². The molecule has 2 atom stereocenters. The molecule has 0 amide bonds. The van der Waals surface area contributed by atoms with E-state index in [1.165, 1.54) is 0 Å². The Hall–Kier alpha value is -1.95. The van der Waals surface area contributed by atoms with Gasteiger partial charge in [0.1, 0.15) is 0 Å². The second kappa shape index (κ2) is 10.4. The molecular formula is C23H27Cl2NO4. The first-order chi connectivity index (χ1) is 14.4. The van der Waals surface area contributed by atoms with Crippen LogP contribution in [-0.4, -0.2) is 42.3 Å². The molecule has 1 fully saturated rings. The average Bonchev–Trinajstić information content (AvgIpc) is 2.72. The van der Waals surface area contributed by atoms with Gasteiger partial charge in [-0.15, -0.1) is 0 Å². The lowest BCUT2D eigenvalue weighted by molar-refractivity contribution is -0.143. The predicted molar refractivity (Wildman–Crippen MR) is 119 cm³/mol. The molecule has 2 aromatic carbocycles. The van der Waals surface area contributed by atoms with Crippen molar-refractivity contribution >= 4 is 29.2 Å². The van der Waals surface area contributed by atoms with Gasteiger partial charge in [0.25, 0.3) is 0 Å². The number of likely N-dealkylation sites (tertiary alicyclic amines) is 1. The summed E-state index contributed by atoms with van der Waals surface area (Å²) >= 11 is 12.7. The Kier molecular flexibility index (Phi) is 7.87. The molecule has 0 aromatic heterocycles. The highest BCUT2D eigenvalue weighted by Gasteiger charge is 2.32. The lowest BCUT2D eigenvalue weighted by Crippen LogP contribution is -2.41. The van der Waals surface area contributed by atoms with Gasteiger partial charge in [-0.05, 0) is 68.6 Å². The summed E-state index contributed by atoms with van der Waals surface area (Å²) in [5.74, 6) is 0.188. The first-order valence-corrected chi connectivity index (χ1v) is 11.0. The van der Waals surface area contributed by atoms with Crippen LogP contribution in [0.3, 0.4) is 0 Å². The predicted octanol–water partition coefficient (Wildman–Crippen LogP) is 5.68. The van der Waals surface area contributed by atoms with Crippen LogP contribution in [0, 0.1) is 5.92 Å². The van der Waals surface area contributed by atoms with E-state index in [-0.39, 0.29) is 6.04 Å². The minimum atomic E-state index is -0.762. The van der Waals surface area contributed by atoms with Crippen LogP contribution in [0.4, 0.5) is 0 Å². The van der Waals surface area contributed by atoms with Crippen molar-refractivity contribution < 1.29 is 19.4 Å². The van der Waals surface area contributed by atoms with Crippen LogP contribution in [0.1, 0.15) is 43.9 Å². The molecule has 1 aliphatic heterocycles. The molecule has 0 radical (unpaired) electrons. The summed E-state index contributed by atoms with van der Waals surface area (Å²) in [6.07, 6.45) is 1.49. The Balaban J connectivity index is 2.07. The zero-order valence-electron chi connectivity index (χ0n) is 17.2. The Morgan fingerprint density at radius 3 is 2.53 bits per heavy atom. The molecule has 2 aromatic rings. The minimum Gasteiger partial charge on any atom is -0.490 e. The van der Waals surface area contributed by atoms with Gasteiger partial charge in [0, 0.05) is 16.6 Å². The molecule has 1 aliphatic rings. The average molecular weight is 452 g/mol. The number of carboxylic acid groups (broad SMARTS) is 1. The number of aliphatic carboxylic acids is 1. The fourth-order valence-corrected chi connectivity index (χ4v) is 4.50. The highest BCUT2D eigenvalue weighted by atomic mass is 35.5. The largest absolute Gasteiger partial charge is 0.490 e. The number of hydrogen-bond acceptors (Lipinski definition) is 4. The summed E-state index contributed by atoms with van der Waals surface area (Å²) in [6, 6.07) is 11.1. The maximum Gasteiger partial charge on any atom is 0.307 e. The van der Waals surface area contributed by atoms with Gasteiger partial charge >= 0.3 is 5.97 Å². The highest BCUT2D eigenvalue weighted by molar-refractivity contribution is 6.35. The normalized spacial score (nSPS) is 18.1. The molecule has 0 aliphatic carbocycles. The second-order valence-corrected chi connectivity index (χ2v) is 8.16. The SMILES string of the molecule is CCOc1ccc(C(c2ccc(Cl)cc2Cl)N2CCCC(C(=O)O)C2)cc1OCC. The molecular weight excluding hydrogens is 425 g/mol. The third kappa shape index (κ3) is 5.20. The Labute approximate surface area is 187 Å². The van der Waals surface area contributed by atoms with E-state index in [1.807, 2.05) is 44.2 Å². The van der Waals surface area contributed by atoms with Crippen molar-refractivity contribution in [2.45, 2.75) is 32.7 Å². The number of ether oxygens (including phenoxy) is 2.